The molecule has 1 fully saturated rings. The van der Waals surface area contributed by atoms with Crippen molar-refractivity contribution in [3.63, 3.8) is 0 Å². The molecule has 1 heterocycles. The molecule has 0 atom stereocenters. The van der Waals surface area contributed by atoms with E-state index >= 15 is 0 Å². The molecule has 4 heteroatoms. The number of hydrogen-bond acceptors (Lipinski definition) is 2. The monoisotopic (exact) mass is 274 g/mol. The number of anilines is 1. The zero-order valence-corrected chi connectivity index (χ0v) is 11.9. The fraction of sp³-hybridized carbons (Fsp3) is 0.467. The number of rotatable bonds is 2. The van der Waals surface area contributed by atoms with Gasteiger partial charge in [0.1, 0.15) is 0 Å². The van der Waals surface area contributed by atoms with Crippen LogP contribution < -0.4 is 10.6 Å². The smallest absolute Gasteiger partial charge is 0.240 e. The Bertz CT molecular complexity index is 549. The van der Waals surface area contributed by atoms with Gasteiger partial charge in [-0.25, -0.2) is 0 Å². The van der Waals surface area contributed by atoms with Gasteiger partial charge in [-0.3, -0.25) is 4.79 Å². The molecular weight excluding hydrogens is 256 g/mol. The van der Waals surface area contributed by atoms with Crippen molar-refractivity contribution in [2.45, 2.75) is 26.2 Å². The lowest BCUT2D eigenvalue weighted by Crippen LogP contribution is -2.57. The highest BCUT2D eigenvalue weighted by Crippen LogP contribution is 2.48. The van der Waals surface area contributed by atoms with Crippen LogP contribution in [-0.2, 0) is 11.2 Å². The molecular formula is C15H18N2OS. The third-order valence-corrected chi connectivity index (χ3v) is 4.80. The standard InChI is InChI=1S/C15H18N2OS/c1-10-8-15(9-10,13(16)19)14(18)17-7-6-11-4-2-3-5-12(11)17/h2-5,10H,6-9H2,1H3,(H2,16,19). The van der Waals surface area contributed by atoms with Crippen LogP contribution in [0.5, 0.6) is 0 Å². The van der Waals surface area contributed by atoms with Crippen LogP contribution in [0.25, 0.3) is 0 Å². The lowest BCUT2D eigenvalue weighted by molar-refractivity contribution is -0.129. The molecule has 0 aromatic heterocycles. The zero-order valence-electron chi connectivity index (χ0n) is 11.1. The molecule has 19 heavy (non-hydrogen) atoms. The molecule has 2 aliphatic rings. The number of fused-ring (bicyclic) bond motifs is 1. The quantitative estimate of drug-likeness (QED) is 0.842. The molecule has 0 bridgehead atoms. The summed E-state index contributed by atoms with van der Waals surface area (Å²) in [6, 6.07) is 8.08. The van der Waals surface area contributed by atoms with Crippen molar-refractivity contribution in [2.24, 2.45) is 17.1 Å². The predicted molar refractivity (Wildman–Crippen MR) is 80.1 cm³/mol. The Kier molecular flexibility index (Phi) is 2.86. The number of para-hydroxylation sites is 1. The first-order valence-corrected chi connectivity index (χ1v) is 7.15. The topological polar surface area (TPSA) is 46.3 Å². The molecule has 1 saturated carbocycles. The Hall–Kier alpha value is -1.42. The van der Waals surface area contributed by atoms with Gasteiger partial charge in [0.15, 0.2) is 0 Å². The van der Waals surface area contributed by atoms with Crippen LogP contribution in [0.1, 0.15) is 25.3 Å². The van der Waals surface area contributed by atoms with Crippen LogP contribution in [0.2, 0.25) is 0 Å². The number of nitrogens with two attached hydrogens (primary N) is 1. The lowest BCUT2D eigenvalue weighted by atomic mass is 9.61. The molecule has 0 saturated heterocycles. The maximum Gasteiger partial charge on any atom is 0.240 e. The predicted octanol–water partition coefficient (Wildman–Crippen LogP) is 2.28. The van der Waals surface area contributed by atoms with E-state index in [-0.39, 0.29) is 5.91 Å². The van der Waals surface area contributed by atoms with Crippen molar-refractivity contribution in [3.05, 3.63) is 29.8 Å². The molecule has 1 aromatic rings. The van der Waals surface area contributed by atoms with Gasteiger partial charge in [-0.1, -0.05) is 37.3 Å². The van der Waals surface area contributed by atoms with E-state index in [1.54, 1.807) is 0 Å². The fourth-order valence-electron chi connectivity index (χ4n) is 3.42. The second kappa shape index (κ2) is 4.30. The maximum absolute atomic E-state index is 12.9. The number of hydrogen-bond donors (Lipinski definition) is 1. The molecule has 2 N–H and O–H groups in total. The molecule has 0 unspecified atom stereocenters. The minimum atomic E-state index is -0.591. The van der Waals surface area contributed by atoms with E-state index in [0.29, 0.717) is 10.9 Å². The molecule has 0 radical (unpaired) electrons. The number of benzene rings is 1. The summed E-state index contributed by atoms with van der Waals surface area (Å²) in [5.74, 6) is 0.631. The highest BCUT2D eigenvalue weighted by Gasteiger charge is 2.53. The van der Waals surface area contributed by atoms with Gasteiger partial charge in [0.2, 0.25) is 5.91 Å². The van der Waals surface area contributed by atoms with Gasteiger partial charge in [0.05, 0.1) is 10.4 Å². The van der Waals surface area contributed by atoms with E-state index in [0.717, 1.165) is 31.5 Å². The van der Waals surface area contributed by atoms with Crippen molar-refractivity contribution in [1.82, 2.24) is 0 Å². The minimum absolute atomic E-state index is 0.100. The number of nitrogens with zero attached hydrogens (tertiary/aromatic N) is 1. The summed E-state index contributed by atoms with van der Waals surface area (Å²) in [6.45, 7) is 2.89. The minimum Gasteiger partial charge on any atom is -0.392 e. The van der Waals surface area contributed by atoms with E-state index in [2.05, 4.69) is 13.0 Å². The van der Waals surface area contributed by atoms with E-state index in [1.165, 1.54) is 5.56 Å². The average Bonchev–Trinajstić information content (AvgIpc) is 2.77. The lowest BCUT2D eigenvalue weighted by Gasteiger charge is -2.46. The first-order valence-electron chi connectivity index (χ1n) is 6.74. The van der Waals surface area contributed by atoms with E-state index in [1.807, 2.05) is 23.1 Å². The van der Waals surface area contributed by atoms with Crippen LogP contribution in [0.3, 0.4) is 0 Å². The first-order chi connectivity index (χ1) is 9.04. The van der Waals surface area contributed by atoms with Gasteiger partial charge in [-0.2, -0.15) is 0 Å². The van der Waals surface area contributed by atoms with Crippen molar-refractivity contribution in [2.75, 3.05) is 11.4 Å². The van der Waals surface area contributed by atoms with Crippen molar-refractivity contribution in [3.8, 4) is 0 Å². The van der Waals surface area contributed by atoms with Crippen molar-refractivity contribution in [1.29, 1.82) is 0 Å². The second-order valence-corrected chi connectivity index (χ2v) is 6.24. The van der Waals surface area contributed by atoms with Gasteiger partial charge < -0.3 is 10.6 Å². The third-order valence-electron chi connectivity index (χ3n) is 4.41. The maximum atomic E-state index is 12.9. The van der Waals surface area contributed by atoms with Gasteiger partial charge in [-0.15, -0.1) is 0 Å². The average molecular weight is 274 g/mol. The number of carbonyl (C=O) groups excluding carboxylic acids is 1. The van der Waals surface area contributed by atoms with Crippen LogP contribution in [0, 0.1) is 11.3 Å². The molecule has 1 aliphatic carbocycles. The van der Waals surface area contributed by atoms with E-state index in [4.69, 9.17) is 18.0 Å². The molecule has 3 rings (SSSR count). The third kappa shape index (κ3) is 1.77. The SMILES string of the molecule is CC1CC(C(=O)N2CCc3ccccc32)(C(N)=S)C1. The Morgan fingerprint density at radius 2 is 2.11 bits per heavy atom. The summed E-state index contributed by atoms with van der Waals surface area (Å²) in [4.78, 5) is 15.1. The van der Waals surface area contributed by atoms with Crippen LogP contribution in [-0.4, -0.2) is 17.4 Å². The Balaban J connectivity index is 1.92. The summed E-state index contributed by atoms with van der Waals surface area (Å²) in [7, 11) is 0. The molecule has 1 aromatic carbocycles. The summed E-state index contributed by atoms with van der Waals surface area (Å²) in [6.07, 6.45) is 2.50. The largest absolute Gasteiger partial charge is 0.392 e. The summed E-state index contributed by atoms with van der Waals surface area (Å²) in [5, 5.41) is 0. The molecule has 3 nitrogen and oxygen atoms in total. The number of amides is 1. The van der Waals surface area contributed by atoms with Crippen LogP contribution in [0.4, 0.5) is 5.69 Å². The van der Waals surface area contributed by atoms with Crippen LogP contribution in [0.15, 0.2) is 24.3 Å². The number of thiocarbonyl (C=S) groups is 1. The van der Waals surface area contributed by atoms with E-state index < -0.39 is 5.41 Å². The molecule has 100 valence electrons. The first kappa shape index (κ1) is 12.6. The van der Waals surface area contributed by atoms with Gasteiger partial charge in [0, 0.05) is 12.2 Å². The van der Waals surface area contributed by atoms with Gasteiger partial charge >= 0.3 is 0 Å². The van der Waals surface area contributed by atoms with E-state index in [9.17, 15) is 4.79 Å². The van der Waals surface area contributed by atoms with Gasteiger partial charge in [0.25, 0.3) is 0 Å². The Morgan fingerprint density at radius 3 is 2.74 bits per heavy atom. The zero-order chi connectivity index (χ0) is 13.6. The fourth-order valence-corrected chi connectivity index (χ4v) is 3.67. The summed E-state index contributed by atoms with van der Waals surface area (Å²) < 4.78 is 0. The van der Waals surface area contributed by atoms with Crippen molar-refractivity contribution < 1.29 is 4.79 Å². The van der Waals surface area contributed by atoms with Gasteiger partial charge in [-0.05, 0) is 36.8 Å². The van der Waals surface area contributed by atoms with Crippen LogP contribution >= 0.6 is 12.2 Å². The molecule has 0 spiro atoms. The highest BCUT2D eigenvalue weighted by molar-refractivity contribution is 7.80. The molecule has 1 amide bonds. The highest BCUT2D eigenvalue weighted by atomic mass is 32.1. The normalized spacial score (nSPS) is 28.7. The Morgan fingerprint density at radius 1 is 1.42 bits per heavy atom. The summed E-state index contributed by atoms with van der Waals surface area (Å²) in [5.41, 5.74) is 7.54. The number of carbonyl (C=O) groups is 1. The summed E-state index contributed by atoms with van der Waals surface area (Å²) >= 11 is 5.17. The second-order valence-electron chi connectivity index (χ2n) is 5.80. The van der Waals surface area contributed by atoms with Crippen molar-refractivity contribution >= 4 is 28.8 Å². The molecule has 1 aliphatic heterocycles. The Labute approximate surface area is 118 Å².